The van der Waals surface area contributed by atoms with Gasteiger partial charge in [0.25, 0.3) is 5.91 Å². The fraction of sp³-hybridized carbons (Fsp3) is 0.467. The van der Waals surface area contributed by atoms with E-state index in [2.05, 4.69) is 10.3 Å². The summed E-state index contributed by atoms with van der Waals surface area (Å²) in [6, 6.07) is 1.38. The highest BCUT2D eigenvalue weighted by Crippen LogP contribution is 2.27. The number of hydrogen-bond donors (Lipinski definition) is 1. The molecule has 2 aromatic rings. The molecule has 3 heterocycles. The van der Waals surface area contributed by atoms with Crippen molar-refractivity contribution in [2.45, 2.75) is 37.2 Å². The minimum atomic E-state index is -3.59. The number of nitrogens with one attached hydrogen (secondary N) is 1. The molecule has 7 nitrogen and oxygen atoms in total. The average molecular weight is 368 g/mol. The highest BCUT2D eigenvalue weighted by Gasteiger charge is 2.32. The molecule has 1 N–H and O–H groups in total. The van der Waals surface area contributed by atoms with Crippen molar-refractivity contribution < 1.29 is 13.2 Å². The molecule has 2 aromatic heterocycles. The van der Waals surface area contributed by atoms with Gasteiger partial charge >= 0.3 is 0 Å². The number of thiophene rings is 1. The van der Waals surface area contributed by atoms with E-state index in [1.807, 2.05) is 17.7 Å². The Labute approximate surface area is 145 Å². The van der Waals surface area contributed by atoms with Crippen molar-refractivity contribution >= 4 is 27.3 Å². The molecule has 1 aliphatic rings. The zero-order chi connectivity index (χ0) is 17.2. The van der Waals surface area contributed by atoms with Crippen LogP contribution in [0.15, 0.2) is 35.1 Å². The Kier molecular flexibility index (Phi) is 5.02. The van der Waals surface area contributed by atoms with Crippen molar-refractivity contribution in [3.63, 3.8) is 0 Å². The first kappa shape index (κ1) is 17.1. The van der Waals surface area contributed by atoms with Crippen molar-refractivity contribution in [1.29, 1.82) is 0 Å². The van der Waals surface area contributed by atoms with Crippen LogP contribution in [0.25, 0.3) is 0 Å². The maximum atomic E-state index is 12.7. The normalized spacial score (nSPS) is 17.0. The van der Waals surface area contributed by atoms with Crippen LogP contribution >= 0.6 is 11.3 Å². The first-order valence-electron chi connectivity index (χ1n) is 7.83. The third kappa shape index (κ3) is 3.52. The number of hydrogen-bond acceptors (Lipinski definition) is 5. The molecule has 1 amide bonds. The van der Waals surface area contributed by atoms with E-state index < -0.39 is 10.0 Å². The smallest absolute Gasteiger partial charge is 0.263 e. The molecule has 0 saturated carbocycles. The minimum absolute atomic E-state index is 0.113. The SMILES string of the molecule is C[C@H](Cn1ccnc1)NC(=O)c1sccc1S(=O)(=O)N1CCCC1. The fourth-order valence-corrected chi connectivity index (χ4v) is 5.60. The summed E-state index contributed by atoms with van der Waals surface area (Å²) in [6.07, 6.45) is 6.91. The molecule has 1 atom stereocenters. The second-order valence-electron chi connectivity index (χ2n) is 5.86. The average Bonchev–Trinajstić information content (AvgIpc) is 3.28. The predicted octanol–water partition coefficient (Wildman–Crippen LogP) is 1.55. The first-order valence-corrected chi connectivity index (χ1v) is 10.1. The van der Waals surface area contributed by atoms with Crippen molar-refractivity contribution in [3.05, 3.63) is 35.0 Å². The third-order valence-corrected chi connectivity index (χ3v) is 6.92. The summed E-state index contributed by atoms with van der Waals surface area (Å²) in [7, 11) is -3.59. The van der Waals surface area contributed by atoms with Crippen LogP contribution in [0.5, 0.6) is 0 Å². The lowest BCUT2D eigenvalue weighted by Crippen LogP contribution is -2.36. The molecular formula is C15H20N4O3S2. The van der Waals surface area contributed by atoms with Gasteiger partial charge in [0.1, 0.15) is 9.77 Å². The van der Waals surface area contributed by atoms with Crippen LogP contribution in [0.4, 0.5) is 0 Å². The quantitative estimate of drug-likeness (QED) is 0.838. The maximum Gasteiger partial charge on any atom is 0.263 e. The van der Waals surface area contributed by atoms with E-state index in [0.29, 0.717) is 19.6 Å². The summed E-state index contributed by atoms with van der Waals surface area (Å²) in [5.74, 6) is -0.351. The number of imidazole rings is 1. The van der Waals surface area contributed by atoms with Gasteiger partial charge < -0.3 is 9.88 Å². The van der Waals surface area contributed by atoms with Crippen LogP contribution in [0, 0.1) is 0 Å². The van der Waals surface area contributed by atoms with Gasteiger partial charge in [-0.15, -0.1) is 11.3 Å². The molecule has 24 heavy (non-hydrogen) atoms. The van der Waals surface area contributed by atoms with E-state index in [1.54, 1.807) is 17.9 Å². The number of carbonyl (C=O) groups is 1. The number of rotatable bonds is 6. The minimum Gasteiger partial charge on any atom is -0.347 e. The second-order valence-corrected chi connectivity index (χ2v) is 8.68. The van der Waals surface area contributed by atoms with E-state index in [-0.39, 0.29) is 21.7 Å². The van der Waals surface area contributed by atoms with Crippen molar-refractivity contribution in [2.75, 3.05) is 13.1 Å². The molecule has 1 fully saturated rings. The molecule has 1 saturated heterocycles. The fourth-order valence-electron chi connectivity index (χ4n) is 2.78. The summed E-state index contributed by atoms with van der Waals surface area (Å²) < 4.78 is 28.7. The van der Waals surface area contributed by atoms with E-state index in [0.717, 1.165) is 24.2 Å². The molecule has 0 aliphatic carbocycles. The van der Waals surface area contributed by atoms with Gasteiger partial charge in [-0.3, -0.25) is 4.79 Å². The van der Waals surface area contributed by atoms with Gasteiger partial charge in [0, 0.05) is 38.1 Å². The van der Waals surface area contributed by atoms with Crippen LogP contribution in [-0.4, -0.2) is 47.3 Å². The van der Waals surface area contributed by atoms with Crippen LogP contribution in [0.2, 0.25) is 0 Å². The summed E-state index contributed by atoms with van der Waals surface area (Å²) in [4.78, 5) is 16.8. The molecule has 0 aromatic carbocycles. The van der Waals surface area contributed by atoms with E-state index in [1.165, 1.54) is 10.4 Å². The van der Waals surface area contributed by atoms with E-state index >= 15 is 0 Å². The Morgan fingerprint density at radius 3 is 2.83 bits per heavy atom. The summed E-state index contributed by atoms with van der Waals surface area (Å²) >= 11 is 1.16. The zero-order valence-electron chi connectivity index (χ0n) is 13.4. The van der Waals surface area contributed by atoms with E-state index in [9.17, 15) is 13.2 Å². The third-order valence-electron chi connectivity index (χ3n) is 3.94. The lowest BCUT2D eigenvalue weighted by Gasteiger charge is -2.17. The second kappa shape index (κ2) is 7.04. The molecule has 9 heteroatoms. The van der Waals surface area contributed by atoms with Gasteiger partial charge in [0.2, 0.25) is 10.0 Å². The molecule has 0 radical (unpaired) electrons. The molecule has 1 aliphatic heterocycles. The van der Waals surface area contributed by atoms with Gasteiger partial charge in [0.05, 0.1) is 6.33 Å². The Bertz CT molecular complexity index is 793. The number of sulfonamides is 1. The Morgan fingerprint density at radius 2 is 2.17 bits per heavy atom. The molecule has 0 unspecified atom stereocenters. The summed E-state index contributed by atoms with van der Waals surface area (Å²) in [5, 5.41) is 4.51. The number of aromatic nitrogens is 2. The Hall–Kier alpha value is -1.71. The Morgan fingerprint density at radius 1 is 1.42 bits per heavy atom. The number of carbonyl (C=O) groups excluding carboxylic acids is 1. The maximum absolute atomic E-state index is 12.7. The first-order chi connectivity index (χ1) is 11.5. The van der Waals surface area contributed by atoms with Crippen LogP contribution < -0.4 is 5.32 Å². The van der Waals surface area contributed by atoms with Crippen LogP contribution in [-0.2, 0) is 16.6 Å². The largest absolute Gasteiger partial charge is 0.347 e. The van der Waals surface area contributed by atoms with Crippen LogP contribution in [0.3, 0.4) is 0 Å². The molecular weight excluding hydrogens is 348 g/mol. The van der Waals surface area contributed by atoms with Gasteiger partial charge in [-0.2, -0.15) is 4.31 Å². The highest BCUT2D eigenvalue weighted by atomic mass is 32.2. The van der Waals surface area contributed by atoms with Gasteiger partial charge in [-0.05, 0) is 31.2 Å². The topological polar surface area (TPSA) is 84.3 Å². The molecule has 0 bridgehead atoms. The lowest BCUT2D eigenvalue weighted by molar-refractivity contribution is 0.0937. The molecule has 3 rings (SSSR count). The summed E-state index contributed by atoms with van der Waals surface area (Å²) in [6.45, 7) is 3.50. The molecule has 130 valence electrons. The standard InChI is InChI=1S/C15H20N4O3S2/c1-12(10-18-8-5-16-11-18)17-15(20)14-13(4-9-23-14)24(21,22)19-6-2-3-7-19/h4-5,8-9,11-12H,2-3,6-7,10H2,1H3,(H,17,20)/t12-/m1/s1. The van der Waals surface area contributed by atoms with Crippen LogP contribution in [0.1, 0.15) is 29.4 Å². The van der Waals surface area contributed by atoms with Crippen molar-refractivity contribution in [2.24, 2.45) is 0 Å². The van der Waals surface area contributed by atoms with Gasteiger partial charge in [-0.1, -0.05) is 0 Å². The molecule has 0 spiro atoms. The zero-order valence-corrected chi connectivity index (χ0v) is 15.0. The number of amides is 1. The van der Waals surface area contributed by atoms with E-state index in [4.69, 9.17) is 0 Å². The monoisotopic (exact) mass is 368 g/mol. The number of nitrogens with zero attached hydrogens (tertiary/aromatic N) is 3. The lowest BCUT2D eigenvalue weighted by atomic mass is 10.3. The van der Waals surface area contributed by atoms with Gasteiger partial charge in [-0.25, -0.2) is 13.4 Å². The van der Waals surface area contributed by atoms with Crippen molar-refractivity contribution in [1.82, 2.24) is 19.2 Å². The predicted molar refractivity (Wildman–Crippen MR) is 91.5 cm³/mol. The van der Waals surface area contributed by atoms with Crippen molar-refractivity contribution in [3.8, 4) is 0 Å². The Balaban J connectivity index is 1.73. The summed E-state index contributed by atoms with van der Waals surface area (Å²) in [5.41, 5.74) is 0. The van der Waals surface area contributed by atoms with Gasteiger partial charge in [0.15, 0.2) is 0 Å². The highest BCUT2D eigenvalue weighted by molar-refractivity contribution is 7.89.